The van der Waals surface area contributed by atoms with Crippen molar-refractivity contribution >= 4 is 5.97 Å². The third-order valence-electron chi connectivity index (χ3n) is 5.55. The van der Waals surface area contributed by atoms with Gasteiger partial charge in [0.25, 0.3) is 0 Å². The van der Waals surface area contributed by atoms with Gasteiger partial charge in [0.2, 0.25) is 0 Å². The number of aryl methyl sites for hydroxylation is 1. The summed E-state index contributed by atoms with van der Waals surface area (Å²) < 4.78 is 18.4. The van der Waals surface area contributed by atoms with E-state index in [1.54, 1.807) is 6.08 Å². The second kappa shape index (κ2) is 12.9. The third-order valence-corrected chi connectivity index (χ3v) is 5.55. The molecular formula is C25H32FNO2. The van der Waals surface area contributed by atoms with Crippen molar-refractivity contribution in [1.82, 2.24) is 0 Å². The topological polar surface area (TPSA) is 50.1 Å². The molecule has 156 valence electrons. The number of esters is 1. The summed E-state index contributed by atoms with van der Waals surface area (Å²) in [6.07, 6.45) is 15.4. The van der Waals surface area contributed by atoms with Gasteiger partial charge in [-0.25, -0.2) is 0 Å². The summed E-state index contributed by atoms with van der Waals surface area (Å²) in [5.41, 5.74) is 1.29. The second-order valence-electron chi connectivity index (χ2n) is 7.85. The van der Waals surface area contributed by atoms with Crippen LogP contribution in [0.5, 0.6) is 5.75 Å². The number of hydrogen-bond donors (Lipinski definition) is 0. The fourth-order valence-electron chi connectivity index (χ4n) is 3.74. The van der Waals surface area contributed by atoms with E-state index in [9.17, 15) is 9.18 Å². The number of unbranched alkanes of at least 4 members (excludes halogenated alkanes) is 4. The smallest absolute Gasteiger partial charge is 0.314 e. The highest BCUT2D eigenvalue weighted by Gasteiger charge is 2.26. The molecule has 3 nitrogen and oxygen atoms in total. The van der Waals surface area contributed by atoms with Crippen LogP contribution in [0.2, 0.25) is 0 Å². The number of rotatable bonds is 10. The number of nitriles is 1. The molecule has 0 N–H and O–H groups in total. The standard InChI is InChI=1S/C25H32FNO2/c1-2-3-4-5-6-8-20-13-17-24(18-14-20)29-25(28)22-15-11-21(12-16-22)9-7-10-23(26)19-27/h7,9-10,13-14,17-18,21-22H,2-6,8,11-12,15-16H2,1H3/t21-,22-. The zero-order valence-corrected chi connectivity index (χ0v) is 17.4. The molecule has 0 bridgehead atoms. The van der Waals surface area contributed by atoms with Crippen molar-refractivity contribution in [1.29, 1.82) is 5.26 Å². The first kappa shape index (κ1) is 22.9. The van der Waals surface area contributed by atoms with E-state index >= 15 is 0 Å². The Morgan fingerprint density at radius 1 is 1.14 bits per heavy atom. The maximum absolute atomic E-state index is 12.8. The van der Waals surface area contributed by atoms with Crippen molar-refractivity contribution in [2.45, 2.75) is 71.1 Å². The first-order valence-corrected chi connectivity index (χ1v) is 10.9. The molecule has 0 saturated heterocycles. The summed E-state index contributed by atoms with van der Waals surface area (Å²) in [5, 5.41) is 8.39. The molecule has 0 aliphatic heterocycles. The monoisotopic (exact) mass is 397 g/mol. The van der Waals surface area contributed by atoms with Crippen molar-refractivity contribution in [2.24, 2.45) is 11.8 Å². The number of halogens is 1. The van der Waals surface area contributed by atoms with Gasteiger partial charge in [-0.1, -0.05) is 56.9 Å². The lowest BCUT2D eigenvalue weighted by molar-refractivity contribution is -0.140. The predicted octanol–water partition coefficient (Wildman–Crippen LogP) is 6.84. The minimum absolute atomic E-state index is 0.0794. The predicted molar refractivity (Wildman–Crippen MR) is 114 cm³/mol. The summed E-state index contributed by atoms with van der Waals surface area (Å²) in [4.78, 5) is 12.4. The summed E-state index contributed by atoms with van der Waals surface area (Å²) in [7, 11) is 0. The van der Waals surface area contributed by atoms with E-state index < -0.39 is 5.83 Å². The van der Waals surface area contributed by atoms with E-state index in [0.717, 1.165) is 32.1 Å². The molecule has 1 fully saturated rings. The van der Waals surface area contributed by atoms with Crippen LogP contribution in [0.4, 0.5) is 4.39 Å². The molecule has 0 atom stereocenters. The Kier molecular flexibility index (Phi) is 10.2. The molecule has 1 aromatic rings. The van der Waals surface area contributed by atoms with Crippen molar-refractivity contribution in [3.63, 3.8) is 0 Å². The summed E-state index contributed by atoms with van der Waals surface area (Å²) in [5.74, 6) is -0.0947. The Bertz CT molecular complexity index is 722. The van der Waals surface area contributed by atoms with Gasteiger partial charge >= 0.3 is 5.97 Å². The fraction of sp³-hybridized carbons (Fsp3) is 0.520. The zero-order valence-electron chi connectivity index (χ0n) is 17.4. The van der Waals surface area contributed by atoms with E-state index in [1.807, 2.05) is 18.2 Å². The van der Waals surface area contributed by atoms with Crippen LogP contribution in [-0.4, -0.2) is 5.97 Å². The molecule has 29 heavy (non-hydrogen) atoms. The minimum atomic E-state index is -0.791. The lowest BCUT2D eigenvalue weighted by Crippen LogP contribution is -2.25. The largest absolute Gasteiger partial charge is 0.426 e. The van der Waals surface area contributed by atoms with Crippen LogP contribution in [0.1, 0.15) is 70.3 Å². The molecule has 1 saturated carbocycles. The van der Waals surface area contributed by atoms with E-state index in [4.69, 9.17) is 10.00 Å². The fourth-order valence-corrected chi connectivity index (χ4v) is 3.74. The van der Waals surface area contributed by atoms with Gasteiger partial charge in [-0.15, -0.1) is 0 Å². The van der Waals surface area contributed by atoms with Gasteiger partial charge in [0.05, 0.1) is 5.92 Å². The lowest BCUT2D eigenvalue weighted by atomic mass is 9.82. The molecule has 0 amide bonds. The van der Waals surface area contributed by atoms with E-state index in [0.29, 0.717) is 11.7 Å². The van der Waals surface area contributed by atoms with Gasteiger partial charge in [0, 0.05) is 0 Å². The highest BCUT2D eigenvalue weighted by atomic mass is 19.1. The number of ether oxygens (including phenoxy) is 1. The van der Waals surface area contributed by atoms with Crippen molar-refractivity contribution in [2.75, 3.05) is 0 Å². The number of nitrogens with zero attached hydrogens (tertiary/aromatic N) is 1. The number of benzene rings is 1. The van der Waals surface area contributed by atoms with Crippen LogP contribution in [-0.2, 0) is 11.2 Å². The second-order valence-corrected chi connectivity index (χ2v) is 7.85. The van der Waals surface area contributed by atoms with Crippen LogP contribution >= 0.6 is 0 Å². The van der Waals surface area contributed by atoms with E-state index in [2.05, 4.69) is 19.1 Å². The quantitative estimate of drug-likeness (QED) is 0.143. The molecule has 0 heterocycles. The third kappa shape index (κ3) is 8.64. The van der Waals surface area contributed by atoms with Crippen LogP contribution in [0.15, 0.2) is 48.3 Å². The van der Waals surface area contributed by atoms with Gasteiger partial charge in [-0.3, -0.25) is 4.79 Å². The van der Waals surface area contributed by atoms with Crippen molar-refractivity contribution < 1.29 is 13.9 Å². The van der Waals surface area contributed by atoms with Crippen LogP contribution in [0.3, 0.4) is 0 Å². The van der Waals surface area contributed by atoms with Gasteiger partial charge < -0.3 is 4.74 Å². The maximum Gasteiger partial charge on any atom is 0.314 e. The van der Waals surface area contributed by atoms with Crippen molar-refractivity contribution in [3.05, 3.63) is 53.9 Å². The van der Waals surface area contributed by atoms with E-state index in [-0.39, 0.29) is 11.9 Å². The Morgan fingerprint density at radius 2 is 1.83 bits per heavy atom. The summed E-state index contributed by atoms with van der Waals surface area (Å²) >= 11 is 0. The number of carbonyl (C=O) groups is 1. The van der Waals surface area contributed by atoms with Crippen LogP contribution in [0.25, 0.3) is 0 Å². The Balaban J connectivity index is 1.72. The number of hydrogen-bond acceptors (Lipinski definition) is 3. The zero-order chi connectivity index (χ0) is 20.9. The Hall–Kier alpha value is -2.41. The highest BCUT2D eigenvalue weighted by molar-refractivity contribution is 5.75. The first-order chi connectivity index (χ1) is 14.1. The Morgan fingerprint density at radius 3 is 2.48 bits per heavy atom. The molecule has 0 aromatic heterocycles. The van der Waals surface area contributed by atoms with Gasteiger partial charge in [0.15, 0.2) is 5.83 Å². The number of carbonyl (C=O) groups excluding carboxylic acids is 1. The van der Waals surface area contributed by atoms with Crippen molar-refractivity contribution in [3.8, 4) is 11.8 Å². The molecule has 1 aliphatic rings. The molecule has 4 heteroatoms. The molecule has 0 radical (unpaired) electrons. The average molecular weight is 398 g/mol. The molecule has 0 unspecified atom stereocenters. The van der Waals surface area contributed by atoms with Gasteiger partial charge in [0.1, 0.15) is 11.8 Å². The molecule has 0 spiro atoms. The summed E-state index contributed by atoms with van der Waals surface area (Å²) in [6.45, 7) is 2.22. The van der Waals surface area contributed by atoms with E-state index in [1.165, 1.54) is 49.8 Å². The van der Waals surface area contributed by atoms with Crippen LogP contribution in [0, 0.1) is 23.2 Å². The molecule has 1 aromatic carbocycles. The normalized spacial score (nSPS) is 19.8. The highest BCUT2D eigenvalue weighted by Crippen LogP contribution is 2.31. The summed E-state index contributed by atoms with van der Waals surface area (Å²) in [6, 6.07) is 9.34. The Labute approximate surface area is 174 Å². The molecule has 1 aliphatic carbocycles. The van der Waals surface area contributed by atoms with Gasteiger partial charge in [-0.2, -0.15) is 9.65 Å². The SMILES string of the molecule is CCCCCCCc1ccc(OC(=O)[C@H]2CC[C@H](C=CC=C(F)C#N)CC2)cc1. The van der Waals surface area contributed by atoms with Gasteiger partial charge in [-0.05, 0) is 68.2 Å². The average Bonchev–Trinajstić information content (AvgIpc) is 2.75. The van der Waals surface area contributed by atoms with Crippen LogP contribution < -0.4 is 4.74 Å². The minimum Gasteiger partial charge on any atom is -0.426 e. The first-order valence-electron chi connectivity index (χ1n) is 10.9. The molecule has 2 rings (SSSR count). The molecular weight excluding hydrogens is 365 g/mol. The number of allylic oxidation sites excluding steroid dienone is 4. The lowest BCUT2D eigenvalue weighted by Gasteiger charge is -2.25. The maximum atomic E-state index is 12.8.